The molecule has 5 nitrogen and oxygen atoms in total. The molecule has 0 aliphatic carbocycles. The van der Waals surface area contributed by atoms with Gasteiger partial charge in [0, 0.05) is 14.1 Å². The van der Waals surface area contributed by atoms with E-state index in [-0.39, 0.29) is 5.69 Å². The fourth-order valence-electron chi connectivity index (χ4n) is 1.57. The third kappa shape index (κ3) is 4.98. The largest absolute Gasteiger partial charge is 0.384 e. The fourth-order valence-corrected chi connectivity index (χ4v) is 5.98. The lowest BCUT2D eigenvalue weighted by atomic mass is 10.3. The Hall–Kier alpha value is -1.12. The van der Waals surface area contributed by atoms with Crippen LogP contribution in [0.4, 0.5) is 10.1 Å². The molecule has 0 heterocycles. The van der Waals surface area contributed by atoms with Gasteiger partial charge in [-0.1, -0.05) is 24.3 Å². The molecule has 0 unspecified atom stereocenters. The number of hydrogen-bond acceptors (Lipinski definition) is 4. The predicted molar refractivity (Wildman–Crippen MR) is 86.9 cm³/mol. The molecule has 21 heavy (non-hydrogen) atoms. The van der Waals surface area contributed by atoms with E-state index in [1.165, 1.54) is 24.4 Å². The summed E-state index contributed by atoms with van der Waals surface area (Å²) in [5.41, 5.74) is 0.0757. The van der Waals surface area contributed by atoms with Crippen LogP contribution in [0.15, 0.2) is 42.6 Å². The van der Waals surface area contributed by atoms with Gasteiger partial charge >= 0.3 is 0 Å². The highest BCUT2D eigenvalue weighted by molar-refractivity contribution is 8.30. The maximum Gasteiger partial charge on any atom is 0.249 e. The summed E-state index contributed by atoms with van der Waals surface area (Å²) in [7, 11) is 0.853. The molecule has 0 saturated carbocycles. The number of anilines is 1. The number of sulfonamides is 1. The summed E-state index contributed by atoms with van der Waals surface area (Å²) in [4.78, 5) is 1.65. The molecule has 0 atom stereocenters. The lowest BCUT2D eigenvalue weighted by Crippen LogP contribution is -2.40. The molecule has 0 aliphatic rings. The second kappa shape index (κ2) is 7.24. The quantitative estimate of drug-likeness (QED) is 0.599. The number of halogens is 2. The standard InChI is InChI=1S/C12H18ClFN2O3S2/c1-15(2)9-6-10-21(18,19)16(20(13,17)11-14)12-7-4-3-5-8-12/h3-9,20H,10-11H2,1-2H3. The van der Waals surface area contributed by atoms with Crippen LogP contribution in [0.3, 0.4) is 0 Å². The van der Waals surface area contributed by atoms with E-state index in [4.69, 9.17) is 10.7 Å². The molecule has 9 heteroatoms. The van der Waals surface area contributed by atoms with E-state index in [9.17, 15) is 17.0 Å². The number of rotatable bonds is 7. The van der Waals surface area contributed by atoms with Crippen molar-refractivity contribution in [3.63, 3.8) is 0 Å². The highest BCUT2D eigenvalue weighted by atomic mass is 35.7. The van der Waals surface area contributed by atoms with Crippen LogP contribution in [-0.4, -0.2) is 43.4 Å². The van der Waals surface area contributed by atoms with E-state index in [0.29, 0.717) is 3.71 Å². The van der Waals surface area contributed by atoms with E-state index in [0.717, 1.165) is 0 Å². The molecule has 0 radical (unpaired) electrons. The molecular weight excluding hydrogens is 339 g/mol. The first-order valence-corrected chi connectivity index (χ1v) is 10.3. The normalized spacial score (nSPS) is 13.3. The summed E-state index contributed by atoms with van der Waals surface area (Å²) in [6, 6.07) is 6.16. The lowest BCUT2D eigenvalue weighted by molar-refractivity contribution is 0.562. The first kappa shape index (κ1) is 17.9. The van der Waals surface area contributed by atoms with E-state index >= 15 is 0 Å². The SMILES string of the molecule is CN(C)C=CCS(=O)(=O)N(c1ccccc1)[SH](=O)(Cl)CF. The van der Waals surface area contributed by atoms with Crippen LogP contribution in [-0.2, 0) is 19.4 Å². The van der Waals surface area contributed by atoms with Crippen molar-refractivity contribution in [2.24, 2.45) is 0 Å². The van der Waals surface area contributed by atoms with Gasteiger partial charge in [-0.25, -0.2) is 17.0 Å². The molecule has 0 aromatic heterocycles. The summed E-state index contributed by atoms with van der Waals surface area (Å²) in [6.07, 6.45) is 2.91. The summed E-state index contributed by atoms with van der Waals surface area (Å²) in [5, 5.41) is 0. The third-order valence-corrected chi connectivity index (χ3v) is 7.32. The first-order chi connectivity index (χ1) is 9.70. The highest BCUT2D eigenvalue weighted by Gasteiger charge is 2.32. The van der Waals surface area contributed by atoms with Crippen molar-refractivity contribution < 1.29 is 17.0 Å². The van der Waals surface area contributed by atoms with Crippen LogP contribution in [0.2, 0.25) is 0 Å². The Labute approximate surface area is 130 Å². The van der Waals surface area contributed by atoms with Gasteiger partial charge in [0.25, 0.3) is 0 Å². The maximum absolute atomic E-state index is 13.0. The lowest BCUT2D eigenvalue weighted by Gasteiger charge is -2.30. The Morgan fingerprint density at radius 3 is 2.33 bits per heavy atom. The Kier molecular flexibility index (Phi) is 6.18. The molecule has 0 fully saturated rings. The minimum Gasteiger partial charge on any atom is -0.384 e. The van der Waals surface area contributed by atoms with Crippen molar-refractivity contribution in [1.29, 1.82) is 0 Å². The topological polar surface area (TPSA) is 57.7 Å². The summed E-state index contributed by atoms with van der Waals surface area (Å²) in [5.74, 6) is -0.434. The highest BCUT2D eigenvalue weighted by Crippen LogP contribution is 2.30. The van der Waals surface area contributed by atoms with Crippen molar-refractivity contribution in [3.8, 4) is 0 Å². The van der Waals surface area contributed by atoms with Crippen LogP contribution in [0.25, 0.3) is 0 Å². The molecule has 0 spiro atoms. The van der Waals surface area contributed by atoms with Gasteiger partial charge in [-0.3, -0.25) is 0 Å². The summed E-state index contributed by atoms with van der Waals surface area (Å²) < 4.78 is 50.3. The van der Waals surface area contributed by atoms with E-state index < -0.39 is 31.1 Å². The predicted octanol–water partition coefficient (Wildman–Crippen LogP) is 1.91. The molecule has 1 aromatic rings. The number of nitrogens with zero attached hydrogens (tertiary/aromatic N) is 2. The van der Waals surface area contributed by atoms with Gasteiger partial charge < -0.3 is 4.90 Å². The van der Waals surface area contributed by atoms with Gasteiger partial charge in [-0.05, 0) is 29.0 Å². The van der Waals surface area contributed by atoms with Gasteiger partial charge in [-0.2, -0.15) is 3.71 Å². The number of benzene rings is 1. The van der Waals surface area contributed by atoms with Crippen molar-refractivity contribution in [1.82, 2.24) is 4.90 Å². The van der Waals surface area contributed by atoms with Gasteiger partial charge in [-0.15, -0.1) is 0 Å². The Balaban J connectivity index is 3.22. The molecule has 0 N–H and O–H groups in total. The fraction of sp³-hybridized carbons (Fsp3) is 0.333. The summed E-state index contributed by atoms with van der Waals surface area (Å²) >= 11 is 0. The minimum absolute atomic E-state index is 0.0757. The molecule has 0 aliphatic heterocycles. The second-order valence-electron chi connectivity index (χ2n) is 4.44. The Morgan fingerprint density at radius 1 is 1.29 bits per heavy atom. The van der Waals surface area contributed by atoms with E-state index in [1.807, 2.05) is 0 Å². The van der Waals surface area contributed by atoms with Crippen molar-refractivity contribution in [2.75, 3.05) is 29.6 Å². The average molecular weight is 357 g/mol. The third-order valence-electron chi connectivity index (χ3n) is 2.37. The number of thiol groups is 1. The molecule has 1 aromatic carbocycles. The molecule has 0 saturated heterocycles. The van der Waals surface area contributed by atoms with Crippen molar-refractivity contribution in [2.45, 2.75) is 0 Å². The molecule has 0 bridgehead atoms. The van der Waals surface area contributed by atoms with Gasteiger partial charge in [0.2, 0.25) is 10.0 Å². The van der Waals surface area contributed by atoms with Crippen molar-refractivity contribution in [3.05, 3.63) is 42.6 Å². The summed E-state index contributed by atoms with van der Waals surface area (Å²) in [6.45, 7) is 0. The zero-order valence-corrected chi connectivity index (χ0v) is 14.2. The maximum atomic E-state index is 13.0. The van der Waals surface area contributed by atoms with Gasteiger partial charge in [0.15, 0.2) is 6.01 Å². The molecule has 120 valence electrons. The molecule has 0 amide bonds. The number of alkyl halides is 1. The monoisotopic (exact) mass is 356 g/mol. The van der Waals surface area contributed by atoms with E-state index in [1.54, 1.807) is 37.2 Å². The Morgan fingerprint density at radius 2 is 1.86 bits per heavy atom. The average Bonchev–Trinajstić information content (AvgIpc) is 2.38. The minimum atomic E-state index is -4.19. The van der Waals surface area contributed by atoms with Crippen LogP contribution < -0.4 is 3.71 Å². The molecular formula is C12H18ClFN2O3S2. The smallest absolute Gasteiger partial charge is 0.249 e. The van der Waals surface area contributed by atoms with Crippen LogP contribution in [0.5, 0.6) is 0 Å². The van der Waals surface area contributed by atoms with Crippen LogP contribution >= 0.6 is 10.7 Å². The van der Waals surface area contributed by atoms with E-state index in [2.05, 4.69) is 0 Å². The second-order valence-corrected chi connectivity index (χ2v) is 10.0. The van der Waals surface area contributed by atoms with Crippen LogP contribution in [0, 0.1) is 0 Å². The van der Waals surface area contributed by atoms with Gasteiger partial charge in [0.1, 0.15) is 0 Å². The zero-order valence-electron chi connectivity index (χ0n) is 11.7. The number of hydrogen-bond donors (Lipinski definition) is 1. The first-order valence-electron chi connectivity index (χ1n) is 5.97. The Bertz CT molecular complexity index is 635. The van der Waals surface area contributed by atoms with Crippen LogP contribution in [0.1, 0.15) is 0 Å². The zero-order chi connectivity index (χ0) is 16.1. The molecule has 1 rings (SSSR count). The number of para-hydroxylation sites is 1. The van der Waals surface area contributed by atoms with Gasteiger partial charge in [0.05, 0.1) is 20.8 Å². The van der Waals surface area contributed by atoms with Crippen molar-refractivity contribution >= 4 is 35.7 Å².